The zero-order chi connectivity index (χ0) is 14.7. The van der Waals surface area contributed by atoms with E-state index in [1.807, 2.05) is 0 Å². The number of nitrogens with one attached hydrogen (secondary N) is 1. The molecule has 0 aliphatic carbocycles. The van der Waals surface area contributed by atoms with Gasteiger partial charge >= 0.3 is 0 Å². The molecular weight excluding hydrogens is 282 g/mol. The van der Waals surface area contributed by atoms with Gasteiger partial charge in [0.2, 0.25) is 17.1 Å². The second kappa shape index (κ2) is 5.83. The number of carbonyl (C=O) groups is 1. The molecule has 1 amide bonds. The first-order valence-electron chi connectivity index (χ1n) is 5.86. The van der Waals surface area contributed by atoms with Crippen molar-refractivity contribution in [2.75, 3.05) is 19.4 Å². The molecule has 0 radical (unpaired) electrons. The first kappa shape index (κ1) is 14.2. The fourth-order valence-corrected chi connectivity index (χ4v) is 1.69. The second-order valence-corrected chi connectivity index (χ2v) is 4.62. The van der Waals surface area contributed by atoms with Gasteiger partial charge in [0.15, 0.2) is 0 Å². The van der Waals surface area contributed by atoms with E-state index in [1.54, 1.807) is 39.5 Å². The van der Waals surface area contributed by atoms with Crippen LogP contribution in [-0.2, 0) is 4.79 Å². The summed E-state index contributed by atoms with van der Waals surface area (Å²) in [5.74, 6) is 0.405. The summed E-state index contributed by atoms with van der Waals surface area (Å²) in [6, 6.07) is 1.26. The van der Waals surface area contributed by atoms with E-state index >= 15 is 0 Å². The molecule has 1 N–H and O–H groups in total. The summed E-state index contributed by atoms with van der Waals surface area (Å²) < 4.78 is 1.46. The van der Waals surface area contributed by atoms with Crippen LogP contribution in [-0.4, -0.2) is 55.7 Å². The smallest absolute Gasteiger partial charge is 0.256 e. The third kappa shape index (κ3) is 3.21. The lowest BCUT2D eigenvalue weighted by atomic mass is 10.3. The average molecular weight is 296 g/mol. The van der Waals surface area contributed by atoms with Gasteiger partial charge in [-0.15, -0.1) is 0 Å². The van der Waals surface area contributed by atoms with Gasteiger partial charge in [-0.05, 0) is 24.6 Å². The SMILES string of the molecule is CC(Nc1nc(Cl)nc(-n2cccn2)n1)C(=O)N(C)C. The summed E-state index contributed by atoms with van der Waals surface area (Å²) in [5.41, 5.74) is 0. The Bertz CT molecular complexity index is 599. The standard InChI is InChI=1S/C11H14ClN7O/c1-7(8(20)18(2)3)14-10-15-9(12)16-11(17-10)19-6-4-5-13-19/h4-7H,1-3H3,(H,14,15,16,17). The van der Waals surface area contributed by atoms with Gasteiger partial charge < -0.3 is 10.2 Å². The van der Waals surface area contributed by atoms with E-state index < -0.39 is 6.04 Å². The van der Waals surface area contributed by atoms with E-state index in [2.05, 4.69) is 25.4 Å². The summed E-state index contributed by atoms with van der Waals surface area (Å²) >= 11 is 5.85. The number of anilines is 1. The Hall–Kier alpha value is -2.22. The monoisotopic (exact) mass is 295 g/mol. The third-order valence-electron chi connectivity index (χ3n) is 2.46. The lowest BCUT2D eigenvalue weighted by molar-refractivity contribution is -0.129. The van der Waals surface area contributed by atoms with Crippen LogP contribution in [0.15, 0.2) is 18.5 Å². The summed E-state index contributed by atoms with van der Waals surface area (Å²) in [5, 5.41) is 6.93. The predicted octanol–water partition coefficient (Wildman–Crippen LogP) is 0.599. The van der Waals surface area contributed by atoms with E-state index in [4.69, 9.17) is 11.6 Å². The molecule has 0 bridgehead atoms. The molecule has 2 aromatic rings. The molecule has 0 saturated carbocycles. The van der Waals surface area contributed by atoms with Crippen molar-refractivity contribution >= 4 is 23.5 Å². The maximum atomic E-state index is 11.8. The van der Waals surface area contributed by atoms with Gasteiger partial charge in [0, 0.05) is 26.5 Å². The van der Waals surface area contributed by atoms with E-state index in [1.165, 1.54) is 9.58 Å². The number of nitrogens with zero attached hydrogens (tertiary/aromatic N) is 6. The molecule has 8 nitrogen and oxygen atoms in total. The molecule has 20 heavy (non-hydrogen) atoms. The maximum absolute atomic E-state index is 11.8. The number of amides is 1. The van der Waals surface area contributed by atoms with Gasteiger partial charge in [0.1, 0.15) is 6.04 Å². The topological polar surface area (TPSA) is 88.8 Å². The summed E-state index contributed by atoms with van der Waals surface area (Å²) in [7, 11) is 3.35. The molecule has 0 saturated heterocycles. The van der Waals surface area contributed by atoms with E-state index in [0.29, 0.717) is 0 Å². The second-order valence-electron chi connectivity index (χ2n) is 4.28. The quantitative estimate of drug-likeness (QED) is 0.888. The van der Waals surface area contributed by atoms with Crippen LogP contribution in [0, 0.1) is 0 Å². The van der Waals surface area contributed by atoms with Crippen molar-refractivity contribution in [2.45, 2.75) is 13.0 Å². The molecule has 106 valence electrons. The van der Waals surface area contributed by atoms with Crippen molar-refractivity contribution in [3.05, 3.63) is 23.7 Å². The van der Waals surface area contributed by atoms with Gasteiger partial charge in [-0.25, -0.2) is 4.68 Å². The average Bonchev–Trinajstić information content (AvgIpc) is 2.90. The lowest BCUT2D eigenvalue weighted by Crippen LogP contribution is -2.37. The molecule has 1 atom stereocenters. The van der Waals surface area contributed by atoms with Crippen molar-refractivity contribution < 1.29 is 4.79 Å². The minimum Gasteiger partial charge on any atom is -0.347 e. The van der Waals surface area contributed by atoms with Gasteiger partial charge in [0.05, 0.1) is 0 Å². The predicted molar refractivity (Wildman–Crippen MR) is 73.7 cm³/mol. The first-order chi connectivity index (χ1) is 9.47. The molecule has 0 aliphatic heterocycles. The molecule has 0 aliphatic rings. The largest absolute Gasteiger partial charge is 0.347 e. The number of rotatable bonds is 4. The van der Waals surface area contributed by atoms with Gasteiger partial charge in [-0.2, -0.15) is 20.1 Å². The van der Waals surface area contributed by atoms with E-state index in [-0.39, 0.29) is 23.1 Å². The molecule has 2 heterocycles. The lowest BCUT2D eigenvalue weighted by Gasteiger charge is -2.18. The van der Waals surface area contributed by atoms with Gasteiger partial charge in [-0.3, -0.25) is 4.79 Å². The third-order valence-corrected chi connectivity index (χ3v) is 2.63. The van der Waals surface area contributed by atoms with Crippen molar-refractivity contribution in [1.29, 1.82) is 0 Å². The Morgan fingerprint density at radius 2 is 2.15 bits per heavy atom. The van der Waals surface area contributed by atoms with Crippen molar-refractivity contribution in [3.63, 3.8) is 0 Å². The molecule has 0 spiro atoms. The molecule has 0 aromatic carbocycles. The summed E-state index contributed by atoms with van der Waals surface area (Å²) in [6.07, 6.45) is 3.28. The normalized spacial score (nSPS) is 12.0. The zero-order valence-electron chi connectivity index (χ0n) is 11.3. The van der Waals surface area contributed by atoms with Crippen LogP contribution < -0.4 is 5.32 Å². The van der Waals surface area contributed by atoms with Crippen LogP contribution in [0.3, 0.4) is 0 Å². The molecule has 1 unspecified atom stereocenters. The summed E-state index contributed by atoms with van der Waals surface area (Å²) in [6.45, 7) is 1.72. The van der Waals surface area contributed by atoms with Crippen LogP contribution >= 0.6 is 11.6 Å². The van der Waals surface area contributed by atoms with E-state index in [0.717, 1.165) is 0 Å². The number of likely N-dealkylation sites (N-methyl/N-ethyl adjacent to an activating group) is 1. The Labute approximate surface area is 120 Å². The number of hydrogen-bond donors (Lipinski definition) is 1. The fraction of sp³-hybridized carbons (Fsp3) is 0.364. The number of carbonyl (C=O) groups excluding carboxylic acids is 1. The molecule has 2 aromatic heterocycles. The highest BCUT2D eigenvalue weighted by Gasteiger charge is 2.17. The number of hydrogen-bond acceptors (Lipinski definition) is 6. The zero-order valence-corrected chi connectivity index (χ0v) is 12.0. The summed E-state index contributed by atoms with van der Waals surface area (Å²) in [4.78, 5) is 25.4. The Morgan fingerprint density at radius 3 is 2.75 bits per heavy atom. The van der Waals surface area contributed by atoms with E-state index in [9.17, 15) is 4.79 Å². The molecule has 2 rings (SSSR count). The van der Waals surface area contributed by atoms with Crippen LogP contribution in [0.2, 0.25) is 5.28 Å². The highest BCUT2D eigenvalue weighted by Crippen LogP contribution is 2.10. The fourth-order valence-electron chi connectivity index (χ4n) is 1.54. The highest BCUT2D eigenvalue weighted by molar-refractivity contribution is 6.28. The van der Waals surface area contributed by atoms with Crippen LogP contribution in [0.25, 0.3) is 5.95 Å². The Morgan fingerprint density at radius 1 is 1.40 bits per heavy atom. The van der Waals surface area contributed by atoms with Crippen molar-refractivity contribution in [1.82, 2.24) is 29.6 Å². The molecule has 9 heteroatoms. The van der Waals surface area contributed by atoms with Crippen LogP contribution in [0.4, 0.5) is 5.95 Å². The molecule has 0 fully saturated rings. The maximum Gasteiger partial charge on any atom is 0.256 e. The molecular formula is C11H14ClN7O. The van der Waals surface area contributed by atoms with Gasteiger partial charge in [0.25, 0.3) is 5.95 Å². The number of halogens is 1. The minimum atomic E-state index is -0.478. The van der Waals surface area contributed by atoms with Crippen molar-refractivity contribution in [3.8, 4) is 5.95 Å². The minimum absolute atomic E-state index is 0.0255. The Kier molecular flexibility index (Phi) is 4.14. The number of aromatic nitrogens is 5. The highest BCUT2D eigenvalue weighted by atomic mass is 35.5. The van der Waals surface area contributed by atoms with Gasteiger partial charge in [-0.1, -0.05) is 0 Å². The Balaban J connectivity index is 2.23. The van der Waals surface area contributed by atoms with Crippen LogP contribution in [0.5, 0.6) is 0 Å². The first-order valence-corrected chi connectivity index (χ1v) is 6.24. The van der Waals surface area contributed by atoms with Crippen LogP contribution in [0.1, 0.15) is 6.92 Å². The van der Waals surface area contributed by atoms with Crippen molar-refractivity contribution in [2.24, 2.45) is 0 Å².